The Morgan fingerprint density at radius 1 is 1.53 bits per heavy atom. The zero-order valence-corrected chi connectivity index (χ0v) is 10.5. The third-order valence-electron chi connectivity index (χ3n) is 1.89. The van der Waals surface area contributed by atoms with Crippen molar-refractivity contribution in [3.05, 3.63) is 17.5 Å². The fourth-order valence-electron chi connectivity index (χ4n) is 1.12. The number of rotatable bonds is 8. The van der Waals surface area contributed by atoms with Gasteiger partial charge in [-0.05, 0) is 24.4 Å². The standard InChI is InChI=1S/C10H17NO2S2/c1-13-7-6-11-5-3-9-15(12)10-4-2-8-14-10/h2,4,8,11H,3,5-7,9H2,1H3. The molecule has 0 amide bonds. The maximum atomic E-state index is 11.7. The van der Waals surface area contributed by atoms with Crippen LogP contribution in [0.2, 0.25) is 0 Å². The SMILES string of the molecule is COCCNCCCS(=O)c1cccs1. The molecule has 0 radical (unpaired) electrons. The van der Waals surface area contributed by atoms with Crippen molar-refractivity contribution < 1.29 is 8.95 Å². The van der Waals surface area contributed by atoms with E-state index in [1.807, 2.05) is 17.5 Å². The fraction of sp³-hybridized carbons (Fsp3) is 0.600. The molecule has 3 nitrogen and oxygen atoms in total. The van der Waals surface area contributed by atoms with Crippen LogP contribution in [0.3, 0.4) is 0 Å². The third-order valence-corrected chi connectivity index (χ3v) is 4.64. The summed E-state index contributed by atoms with van der Waals surface area (Å²) < 4.78 is 17.5. The second-order valence-corrected chi connectivity index (χ2v) is 5.82. The molecular formula is C10H17NO2S2. The first-order valence-corrected chi connectivity index (χ1v) is 7.16. The largest absolute Gasteiger partial charge is 0.383 e. The van der Waals surface area contributed by atoms with Crippen LogP contribution in [0.5, 0.6) is 0 Å². The van der Waals surface area contributed by atoms with E-state index in [1.165, 1.54) is 0 Å². The Balaban J connectivity index is 2.03. The number of nitrogens with one attached hydrogen (secondary N) is 1. The second kappa shape index (κ2) is 7.98. The first-order chi connectivity index (χ1) is 7.34. The lowest BCUT2D eigenvalue weighted by molar-refractivity contribution is 0.199. The smallest absolute Gasteiger partial charge is 0.0910 e. The summed E-state index contributed by atoms with van der Waals surface area (Å²) in [6.07, 6.45) is 0.939. The normalized spacial score (nSPS) is 12.9. The van der Waals surface area contributed by atoms with Crippen molar-refractivity contribution >= 4 is 22.1 Å². The summed E-state index contributed by atoms with van der Waals surface area (Å²) >= 11 is 1.56. The van der Waals surface area contributed by atoms with E-state index in [9.17, 15) is 4.21 Å². The maximum Gasteiger partial charge on any atom is 0.0910 e. The molecule has 0 aromatic carbocycles. The highest BCUT2D eigenvalue weighted by Crippen LogP contribution is 2.14. The predicted octanol–water partition coefficient (Wildman–Crippen LogP) is 1.48. The monoisotopic (exact) mass is 247 g/mol. The highest BCUT2D eigenvalue weighted by molar-refractivity contribution is 7.87. The van der Waals surface area contributed by atoms with Crippen molar-refractivity contribution in [2.45, 2.75) is 10.6 Å². The third kappa shape index (κ3) is 5.41. The van der Waals surface area contributed by atoms with E-state index in [1.54, 1.807) is 18.4 Å². The Labute approximate surface area is 97.3 Å². The van der Waals surface area contributed by atoms with Crippen molar-refractivity contribution in [1.29, 1.82) is 0 Å². The van der Waals surface area contributed by atoms with Gasteiger partial charge in [0.25, 0.3) is 0 Å². The number of hydrogen-bond acceptors (Lipinski definition) is 4. The molecule has 1 heterocycles. The number of hydrogen-bond donors (Lipinski definition) is 1. The summed E-state index contributed by atoms with van der Waals surface area (Å²) in [5.74, 6) is 0.737. The average Bonchev–Trinajstić information content (AvgIpc) is 2.76. The van der Waals surface area contributed by atoms with Gasteiger partial charge in [0.1, 0.15) is 0 Å². The number of thiophene rings is 1. The van der Waals surface area contributed by atoms with E-state index in [-0.39, 0.29) is 0 Å². The molecule has 1 aromatic rings. The van der Waals surface area contributed by atoms with Crippen molar-refractivity contribution in [3.8, 4) is 0 Å². The molecule has 0 aliphatic heterocycles. The molecule has 0 bridgehead atoms. The molecular weight excluding hydrogens is 230 g/mol. The summed E-state index contributed by atoms with van der Waals surface area (Å²) in [6.45, 7) is 2.50. The summed E-state index contributed by atoms with van der Waals surface area (Å²) in [7, 11) is 0.876. The summed E-state index contributed by atoms with van der Waals surface area (Å²) in [6, 6.07) is 3.87. The second-order valence-electron chi connectivity index (χ2n) is 3.08. The Morgan fingerprint density at radius 2 is 2.40 bits per heavy atom. The highest BCUT2D eigenvalue weighted by Gasteiger charge is 2.03. The molecule has 1 rings (SSSR count). The minimum atomic E-state index is -0.812. The minimum absolute atomic E-state index is 0.730. The highest BCUT2D eigenvalue weighted by atomic mass is 32.2. The van der Waals surface area contributed by atoms with E-state index in [0.29, 0.717) is 0 Å². The summed E-state index contributed by atoms with van der Waals surface area (Å²) in [4.78, 5) is 0. The maximum absolute atomic E-state index is 11.7. The quantitative estimate of drug-likeness (QED) is 0.707. The molecule has 0 saturated carbocycles. The van der Waals surface area contributed by atoms with Gasteiger partial charge in [0, 0.05) is 19.4 Å². The molecule has 1 N–H and O–H groups in total. The van der Waals surface area contributed by atoms with E-state index < -0.39 is 10.8 Å². The summed E-state index contributed by atoms with van der Waals surface area (Å²) in [5, 5.41) is 5.19. The van der Waals surface area contributed by atoms with Gasteiger partial charge in [-0.15, -0.1) is 11.3 Å². The Hall–Kier alpha value is -0.230. The van der Waals surface area contributed by atoms with E-state index in [0.717, 1.165) is 36.1 Å². The van der Waals surface area contributed by atoms with Gasteiger partial charge >= 0.3 is 0 Å². The molecule has 15 heavy (non-hydrogen) atoms. The van der Waals surface area contributed by atoms with Crippen LogP contribution >= 0.6 is 11.3 Å². The average molecular weight is 247 g/mol. The Bertz CT molecular complexity index is 275. The van der Waals surface area contributed by atoms with Crippen molar-refractivity contribution in [2.75, 3.05) is 32.6 Å². The van der Waals surface area contributed by atoms with Gasteiger partial charge in [-0.3, -0.25) is 4.21 Å². The van der Waals surface area contributed by atoms with E-state index >= 15 is 0 Å². The molecule has 0 spiro atoms. The summed E-state index contributed by atoms with van der Waals surface area (Å²) in [5.41, 5.74) is 0. The first-order valence-electron chi connectivity index (χ1n) is 4.96. The molecule has 0 aliphatic carbocycles. The minimum Gasteiger partial charge on any atom is -0.383 e. The van der Waals surface area contributed by atoms with Crippen LogP contribution in [0.25, 0.3) is 0 Å². The lowest BCUT2D eigenvalue weighted by Gasteiger charge is -2.03. The van der Waals surface area contributed by atoms with Gasteiger partial charge in [-0.1, -0.05) is 6.07 Å². The fourth-order valence-corrected chi connectivity index (χ4v) is 3.25. The molecule has 0 aliphatic rings. The van der Waals surface area contributed by atoms with Crippen LogP contribution < -0.4 is 5.32 Å². The lowest BCUT2D eigenvalue weighted by atomic mass is 10.5. The Kier molecular flexibility index (Phi) is 6.83. The van der Waals surface area contributed by atoms with Crippen LogP contribution in [-0.2, 0) is 15.5 Å². The van der Waals surface area contributed by atoms with Crippen molar-refractivity contribution in [2.24, 2.45) is 0 Å². The van der Waals surface area contributed by atoms with Crippen LogP contribution in [0.4, 0.5) is 0 Å². The Morgan fingerprint density at radius 3 is 3.07 bits per heavy atom. The van der Waals surface area contributed by atoms with Gasteiger partial charge in [-0.25, -0.2) is 0 Å². The molecule has 0 fully saturated rings. The van der Waals surface area contributed by atoms with Crippen LogP contribution in [-0.4, -0.2) is 36.8 Å². The van der Waals surface area contributed by atoms with Crippen LogP contribution in [0, 0.1) is 0 Å². The first kappa shape index (κ1) is 12.8. The molecule has 5 heteroatoms. The van der Waals surface area contributed by atoms with Crippen molar-refractivity contribution in [1.82, 2.24) is 5.32 Å². The number of ether oxygens (including phenoxy) is 1. The number of methoxy groups -OCH3 is 1. The van der Waals surface area contributed by atoms with Crippen LogP contribution in [0.1, 0.15) is 6.42 Å². The van der Waals surface area contributed by atoms with Gasteiger partial charge < -0.3 is 10.1 Å². The zero-order valence-electron chi connectivity index (χ0n) is 8.90. The molecule has 1 atom stereocenters. The topological polar surface area (TPSA) is 38.3 Å². The predicted molar refractivity (Wildman–Crippen MR) is 65.0 cm³/mol. The van der Waals surface area contributed by atoms with Gasteiger partial charge in [-0.2, -0.15) is 0 Å². The molecule has 86 valence electrons. The van der Waals surface area contributed by atoms with Gasteiger partial charge in [0.15, 0.2) is 0 Å². The molecule has 1 aromatic heterocycles. The molecule has 1 unspecified atom stereocenters. The van der Waals surface area contributed by atoms with E-state index in [2.05, 4.69) is 5.32 Å². The molecule has 0 saturated heterocycles. The van der Waals surface area contributed by atoms with Gasteiger partial charge in [0.05, 0.1) is 21.6 Å². The zero-order chi connectivity index (χ0) is 10.9. The lowest BCUT2D eigenvalue weighted by Crippen LogP contribution is -2.21. The van der Waals surface area contributed by atoms with E-state index in [4.69, 9.17) is 4.74 Å². The van der Waals surface area contributed by atoms with Crippen molar-refractivity contribution in [3.63, 3.8) is 0 Å². The van der Waals surface area contributed by atoms with Gasteiger partial charge in [0.2, 0.25) is 0 Å². The van der Waals surface area contributed by atoms with Crippen LogP contribution in [0.15, 0.2) is 21.7 Å².